The van der Waals surface area contributed by atoms with E-state index in [1.165, 1.54) is 12.1 Å². The fourth-order valence-electron chi connectivity index (χ4n) is 3.06. The standard InChI is InChI=1S/C22H24F4N2O2/c1-4-28(3)14-27-20-10-19(23)18(8-15(20)2)21(12-29-13-21)30-11-16-6-5-7-17(9-16)22(24,25)26/h5-10,14H,4,11-13H2,1-3H3. The summed E-state index contributed by atoms with van der Waals surface area (Å²) in [7, 11) is 1.87. The number of ether oxygens (including phenoxy) is 2. The van der Waals surface area contributed by atoms with Crippen molar-refractivity contribution in [3.05, 3.63) is 64.5 Å². The molecule has 8 heteroatoms. The van der Waals surface area contributed by atoms with E-state index in [0.29, 0.717) is 16.8 Å². The number of nitrogens with zero attached hydrogens (tertiary/aromatic N) is 2. The van der Waals surface area contributed by atoms with E-state index in [1.54, 1.807) is 18.5 Å². The maximum Gasteiger partial charge on any atom is 0.416 e. The molecule has 1 heterocycles. The predicted molar refractivity (Wildman–Crippen MR) is 106 cm³/mol. The van der Waals surface area contributed by atoms with E-state index >= 15 is 0 Å². The molecule has 0 radical (unpaired) electrons. The predicted octanol–water partition coefficient (Wildman–Crippen LogP) is 5.21. The Bertz CT molecular complexity index is 924. The molecule has 0 saturated carbocycles. The van der Waals surface area contributed by atoms with Gasteiger partial charge in [0.1, 0.15) is 11.4 Å². The largest absolute Gasteiger partial charge is 0.416 e. The van der Waals surface area contributed by atoms with E-state index in [9.17, 15) is 17.6 Å². The minimum absolute atomic E-state index is 0.0903. The zero-order valence-corrected chi connectivity index (χ0v) is 17.1. The Labute approximate surface area is 173 Å². The van der Waals surface area contributed by atoms with Gasteiger partial charge in [0.2, 0.25) is 0 Å². The van der Waals surface area contributed by atoms with E-state index in [4.69, 9.17) is 9.47 Å². The Morgan fingerprint density at radius 2 is 1.97 bits per heavy atom. The molecule has 0 N–H and O–H groups in total. The number of aliphatic imine (C=N–C) groups is 1. The van der Waals surface area contributed by atoms with E-state index < -0.39 is 23.2 Å². The van der Waals surface area contributed by atoms with E-state index in [1.807, 2.05) is 25.8 Å². The zero-order valence-electron chi connectivity index (χ0n) is 17.1. The second kappa shape index (κ2) is 8.73. The van der Waals surface area contributed by atoms with Gasteiger partial charge >= 0.3 is 6.18 Å². The highest BCUT2D eigenvalue weighted by atomic mass is 19.4. The van der Waals surface area contributed by atoms with Crippen LogP contribution < -0.4 is 0 Å². The first-order chi connectivity index (χ1) is 14.1. The normalized spacial score (nSPS) is 16.0. The van der Waals surface area contributed by atoms with Gasteiger partial charge in [0.05, 0.1) is 37.4 Å². The van der Waals surface area contributed by atoms with Crippen LogP contribution in [0.4, 0.5) is 23.2 Å². The lowest BCUT2D eigenvalue weighted by Crippen LogP contribution is -2.49. The van der Waals surface area contributed by atoms with Crippen molar-refractivity contribution in [3.63, 3.8) is 0 Å². The summed E-state index contributed by atoms with van der Waals surface area (Å²) >= 11 is 0. The van der Waals surface area contributed by atoms with Crippen LogP contribution in [0, 0.1) is 12.7 Å². The van der Waals surface area contributed by atoms with Gasteiger partial charge in [0, 0.05) is 25.2 Å². The third kappa shape index (κ3) is 4.82. The van der Waals surface area contributed by atoms with Gasteiger partial charge in [-0.15, -0.1) is 0 Å². The molecule has 0 spiro atoms. The highest BCUT2D eigenvalue weighted by Crippen LogP contribution is 2.39. The summed E-state index contributed by atoms with van der Waals surface area (Å²) in [6.45, 7) is 4.74. The van der Waals surface area contributed by atoms with Crippen molar-refractivity contribution in [2.24, 2.45) is 4.99 Å². The minimum Gasteiger partial charge on any atom is -0.375 e. The summed E-state index contributed by atoms with van der Waals surface area (Å²) < 4.78 is 64.9. The fourth-order valence-corrected chi connectivity index (χ4v) is 3.06. The summed E-state index contributed by atoms with van der Waals surface area (Å²) in [5, 5.41) is 0. The lowest BCUT2D eigenvalue weighted by molar-refractivity contribution is -0.224. The quantitative estimate of drug-likeness (QED) is 0.348. The van der Waals surface area contributed by atoms with Gasteiger partial charge in [0.25, 0.3) is 0 Å². The fraction of sp³-hybridized carbons (Fsp3) is 0.409. The molecular formula is C22H24F4N2O2. The van der Waals surface area contributed by atoms with E-state index in [0.717, 1.165) is 24.2 Å². The number of aryl methyl sites for hydroxylation is 1. The first-order valence-corrected chi connectivity index (χ1v) is 9.57. The molecule has 1 fully saturated rings. The van der Waals surface area contributed by atoms with Crippen LogP contribution in [0.2, 0.25) is 0 Å². The van der Waals surface area contributed by atoms with E-state index in [-0.39, 0.29) is 19.8 Å². The molecule has 0 amide bonds. The van der Waals surface area contributed by atoms with E-state index in [2.05, 4.69) is 4.99 Å². The summed E-state index contributed by atoms with van der Waals surface area (Å²) in [6, 6.07) is 7.93. The maximum absolute atomic E-state index is 14.9. The topological polar surface area (TPSA) is 34.1 Å². The van der Waals surface area contributed by atoms with Gasteiger partial charge in [0.15, 0.2) is 0 Å². The molecule has 30 heavy (non-hydrogen) atoms. The van der Waals surface area contributed by atoms with Crippen LogP contribution in [0.3, 0.4) is 0 Å². The van der Waals surface area contributed by atoms with Crippen molar-refractivity contribution in [2.75, 3.05) is 26.8 Å². The number of benzene rings is 2. The molecule has 0 aliphatic carbocycles. The number of halogens is 4. The van der Waals surface area contributed by atoms with Crippen molar-refractivity contribution in [1.82, 2.24) is 4.90 Å². The molecule has 2 aromatic carbocycles. The van der Waals surface area contributed by atoms with Crippen molar-refractivity contribution >= 4 is 12.0 Å². The second-order valence-electron chi connectivity index (χ2n) is 7.41. The number of hydrogen-bond donors (Lipinski definition) is 0. The molecule has 0 aromatic heterocycles. The maximum atomic E-state index is 14.9. The molecular weight excluding hydrogens is 400 g/mol. The minimum atomic E-state index is -4.43. The Hall–Kier alpha value is -2.45. The van der Waals surface area contributed by atoms with Crippen LogP contribution in [0.5, 0.6) is 0 Å². The van der Waals surface area contributed by atoms with Gasteiger partial charge in [-0.1, -0.05) is 12.1 Å². The molecule has 1 aliphatic heterocycles. The molecule has 3 rings (SSSR count). The highest BCUT2D eigenvalue weighted by molar-refractivity contribution is 5.63. The smallest absolute Gasteiger partial charge is 0.375 e. The molecule has 2 aromatic rings. The first-order valence-electron chi connectivity index (χ1n) is 9.57. The van der Waals surface area contributed by atoms with Gasteiger partial charge in [-0.05, 0) is 43.2 Å². The third-order valence-electron chi connectivity index (χ3n) is 5.11. The van der Waals surface area contributed by atoms with Crippen LogP contribution in [0.1, 0.15) is 29.2 Å². The number of alkyl halides is 3. The SMILES string of the molecule is CCN(C)C=Nc1cc(F)c(C2(OCc3cccc(C(F)(F)F)c3)COC2)cc1C. The number of hydrogen-bond acceptors (Lipinski definition) is 3. The van der Waals surface area contributed by atoms with Crippen LogP contribution in [-0.4, -0.2) is 38.0 Å². The molecule has 1 aliphatic rings. The van der Waals surface area contributed by atoms with Crippen molar-refractivity contribution in [1.29, 1.82) is 0 Å². The Morgan fingerprint density at radius 1 is 1.23 bits per heavy atom. The van der Waals surface area contributed by atoms with Crippen LogP contribution >= 0.6 is 0 Å². The van der Waals surface area contributed by atoms with Gasteiger partial charge in [-0.3, -0.25) is 0 Å². The molecule has 1 saturated heterocycles. The monoisotopic (exact) mass is 424 g/mol. The molecule has 0 unspecified atom stereocenters. The summed E-state index contributed by atoms with van der Waals surface area (Å²) in [5.74, 6) is -0.487. The Balaban J connectivity index is 1.81. The molecule has 0 bridgehead atoms. The summed E-state index contributed by atoms with van der Waals surface area (Å²) in [4.78, 5) is 6.18. The van der Waals surface area contributed by atoms with Crippen molar-refractivity contribution in [2.45, 2.75) is 32.2 Å². The molecule has 0 atom stereocenters. The second-order valence-corrected chi connectivity index (χ2v) is 7.41. The lowest BCUT2D eigenvalue weighted by Gasteiger charge is -2.42. The third-order valence-corrected chi connectivity index (χ3v) is 5.11. The van der Waals surface area contributed by atoms with Crippen LogP contribution in [0.25, 0.3) is 0 Å². The zero-order chi connectivity index (χ0) is 21.9. The van der Waals surface area contributed by atoms with Crippen LogP contribution in [0.15, 0.2) is 41.4 Å². The lowest BCUT2D eigenvalue weighted by atomic mass is 9.89. The Kier molecular flexibility index (Phi) is 6.47. The summed E-state index contributed by atoms with van der Waals surface area (Å²) in [5.41, 5.74) is 0.165. The number of rotatable bonds is 7. The molecule has 162 valence electrons. The van der Waals surface area contributed by atoms with Crippen molar-refractivity contribution < 1.29 is 27.0 Å². The Morgan fingerprint density at radius 3 is 2.57 bits per heavy atom. The highest BCUT2D eigenvalue weighted by Gasteiger charge is 2.44. The van der Waals surface area contributed by atoms with Gasteiger partial charge < -0.3 is 14.4 Å². The van der Waals surface area contributed by atoms with Gasteiger partial charge in [-0.2, -0.15) is 13.2 Å². The van der Waals surface area contributed by atoms with Crippen molar-refractivity contribution in [3.8, 4) is 0 Å². The van der Waals surface area contributed by atoms with Crippen LogP contribution in [-0.2, 0) is 27.9 Å². The average molecular weight is 424 g/mol. The first kappa shape index (κ1) is 22.2. The summed E-state index contributed by atoms with van der Waals surface area (Å²) in [6.07, 6.45) is -2.80. The molecule has 4 nitrogen and oxygen atoms in total. The van der Waals surface area contributed by atoms with Gasteiger partial charge in [-0.25, -0.2) is 9.38 Å². The average Bonchev–Trinajstić information content (AvgIpc) is 2.67.